The molecular formula is C8H10N2O. The molecule has 0 aliphatic carbocycles. The second-order valence-electron chi connectivity index (χ2n) is 2.19. The number of hydrogen-bond acceptors (Lipinski definition) is 3. The summed E-state index contributed by atoms with van der Waals surface area (Å²) in [5, 5.41) is 11.1. The van der Waals surface area contributed by atoms with Crippen LogP contribution in [-0.2, 0) is 6.54 Å². The molecule has 1 aromatic rings. The highest BCUT2D eigenvalue weighted by Crippen LogP contribution is 2.00. The normalized spacial score (nSPS) is 10.6. The molecule has 0 bridgehead atoms. The molecule has 0 amide bonds. The molecule has 1 rings (SSSR count). The molecule has 58 valence electrons. The zero-order valence-electron chi connectivity index (χ0n) is 6.07. The molecule has 0 atom stereocenters. The number of nitrogens with two attached hydrogens (primary N) is 1. The van der Waals surface area contributed by atoms with Gasteiger partial charge >= 0.3 is 0 Å². The van der Waals surface area contributed by atoms with Crippen molar-refractivity contribution in [2.45, 2.75) is 6.54 Å². The van der Waals surface area contributed by atoms with E-state index in [-0.39, 0.29) is 0 Å². The van der Waals surface area contributed by atoms with E-state index < -0.39 is 0 Å². The van der Waals surface area contributed by atoms with Crippen molar-refractivity contribution in [3.8, 4) is 0 Å². The number of benzene rings is 1. The highest BCUT2D eigenvalue weighted by Gasteiger charge is 1.88. The lowest BCUT2D eigenvalue weighted by Gasteiger charge is -1.95. The molecular weight excluding hydrogens is 140 g/mol. The molecule has 3 heteroatoms. The van der Waals surface area contributed by atoms with E-state index in [2.05, 4.69) is 5.16 Å². The quantitative estimate of drug-likeness (QED) is 0.374. The van der Waals surface area contributed by atoms with Crippen LogP contribution in [0.5, 0.6) is 0 Å². The van der Waals surface area contributed by atoms with E-state index in [4.69, 9.17) is 10.9 Å². The topological polar surface area (TPSA) is 58.6 Å². The van der Waals surface area contributed by atoms with Crippen molar-refractivity contribution in [1.29, 1.82) is 0 Å². The van der Waals surface area contributed by atoms with Gasteiger partial charge in [0.05, 0.1) is 6.21 Å². The average molecular weight is 150 g/mol. The first-order valence-corrected chi connectivity index (χ1v) is 3.33. The van der Waals surface area contributed by atoms with Gasteiger partial charge in [-0.25, -0.2) is 0 Å². The standard InChI is InChI=1S/C8H10N2O/c9-5-7-1-3-8(4-2-7)6-10-11/h1-4,6,11H,5,9H2. The predicted octanol–water partition coefficient (Wildman–Crippen LogP) is 0.953. The average Bonchev–Trinajstić information content (AvgIpc) is 2.07. The van der Waals surface area contributed by atoms with E-state index in [1.165, 1.54) is 6.21 Å². The van der Waals surface area contributed by atoms with Gasteiger partial charge < -0.3 is 10.9 Å². The van der Waals surface area contributed by atoms with Crippen LogP contribution >= 0.6 is 0 Å². The molecule has 0 aliphatic heterocycles. The molecule has 0 saturated carbocycles. The number of oxime groups is 1. The van der Waals surface area contributed by atoms with Gasteiger partial charge in [-0.3, -0.25) is 0 Å². The lowest BCUT2D eigenvalue weighted by atomic mass is 10.1. The van der Waals surface area contributed by atoms with E-state index in [0.717, 1.165) is 11.1 Å². The third kappa shape index (κ3) is 2.05. The van der Waals surface area contributed by atoms with Gasteiger partial charge in [0.1, 0.15) is 0 Å². The Morgan fingerprint density at radius 2 is 2.00 bits per heavy atom. The second-order valence-corrected chi connectivity index (χ2v) is 2.19. The summed E-state index contributed by atoms with van der Waals surface area (Å²) in [6.07, 6.45) is 1.38. The van der Waals surface area contributed by atoms with Crippen LogP contribution in [0.1, 0.15) is 11.1 Å². The Morgan fingerprint density at radius 3 is 2.45 bits per heavy atom. The van der Waals surface area contributed by atoms with Crippen molar-refractivity contribution in [1.82, 2.24) is 0 Å². The SMILES string of the molecule is NCc1ccc(C=NO)cc1. The van der Waals surface area contributed by atoms with Crippen molar-refractivity contribution in [2.75, 3.05) is 0 Å². The third-order valence-corrected chi connectivity index (χ3v) is 1.42. The van der Waals surface area contributed by atoms with Crippen LogP contribution in [0.2, 0.25) is 0 Å². The smallest absolute Gasteiger partial charge is 0.0733 e. The molecule has 0 aromatic heterocycles. The van der Waals surface area contributed by atoms with Crippen molar-refractivity contribution in [3.63, 3.8) is 0 Å². The van der Waals surface area contributed by atoms with Gasteiger partial charge in [-0.05, 0) is 11.1 Å². The van der Waals surface area contributed by atoms with Crippen molar-refractivity contribution >= 4 is 6.21 Å². The van der Waals surface area contributed by atoms with Crippen LogP contribution in [0.25, 0.3) is 0 Å². The molecule has 3 N–H and O–H groups in total. The van der Waals surface area contributed by atoms with Crippen LogP contribution in [0.15, 0.2) is 29.4 Å². The Balaban J connectivity index is 2.82. The van der Waals surface area contributed by atoms with Crippen LogP contribution in [-0.4, -0.2) is 11.4 Å². The Hall–Kier alpha value is -1.35. The van der Waals surface area contributed by atoms with Crippen LogP contribution in [0.3, 0.4) is 0 Å². The number of hydrogen-bond donors (Lipinski definition) is 2. The molecule has 0 aliphatic rings. The molecule has 11 heavy (non-hydrogen) atoms. The predicted molar refractivity (Wildman–Crippen MR) is 43.7 cm³/mol. The lowest BCUT2D eigenvalue weighted by Crippen LogP contribution is -1.95. The zero-order valence-corrected chi connectivity index (χ0v) is 6.07. The second kappa shape index (κ2) is 3.73. The maximum Gasteiger partial charge on any atom is 0.0733 e. The minimum absolute atomic E-state index is 0.538. The minimum atomic E-state index is 0.538. The summed E-state index contributed by atoms with van der Waals surface area (Å²) < 4.78 is 0. The molecule has 0 radical (unpaired) electrons. The third-order valence-electron chi connectivity index (χ3n) is 1.42. The van der Waals surface area contributed by atoms with Gasteiger partial charge in [-0.1, -0.05) is 29.4 Å². The highest BCUT2D eigenvalue weighted by atomic mass is 16.4. The van der Waals surface area contributed by atoms with Gasteiger partial charge in [0.25, 0.3) is 0 Å². The van der Waals surface area contributed by atoms with Crippen molar-refractivity contribution in [3.05, 3.63) is 35.4 Å². The fourth-order valence-corrected chi connectivity index (χ4v) is 0.806. The zero-order chi connectivity index (χ0) is 8.10. The first-order chi connectivity index (χ1) is 5.36. The molecule has 0 spiro atoms. The number of rotatable bonds is 2. The summed E-state index contributed by atoms with van der Waals surface area (Å²) >= 11 is 0. The van der Waals surface area contributed by atoms with Gasteiger partial charge in [0.15, 0.2) is 0 Å². The van der Waals surface area contributed by atoms with Crippen molar-refractivity contribution in [2.24, 2.45) is 10.9 Å². The van der Waals surface area contributed by atoms with Gasteiger partial charge in [-0.2, -0.15) is 0 Å². The summed E-state index contributed by atoms with van der Waals surface area (Å²) in [7, 11) is 0. The fourth-order valence-electron chi connectivity index (χ4n) is 0.806. The fraction of sp³-hybridized carbons (Fsp3) is 0.125. The Morgan fingerprint density at radius 1 is 1.36 bits per heavy atom. The molecule has 3 nitrogen and oxygen atoms in total. The first-order valence-electron chi connectivity index (χ1n) is 3.33. The summed E-state index contributed by atoms with van der Waals surface area (Å²) in [5.74, 6) is 0. The lowest BCUT2D eigenvalue weighted by molar-refractivity contribution is 0.322. The largest absolute Gasteiger partial charge is 0.411 e. The molecule has 1 aromatic carbocycles. The van der Waals surface area contributed by atoms with E-state index >= 15 is 0 Å². The maximum absolute atomic E-state index is 8.19. The first kappa shape index (κ1) is 7.75. The summed E-state index contributed by atoms with van der Waals surface area (Å²) in [5.41, 5.74) is 7.33. The van der Waals surface area contributed by atoms with E-state index in [1.54, 1.807) is 0 Å². The van der Waals surface area contributed by atoms with E-state index in [1.807, 2.05) is 24.3 Å². The Kier molecular flexibility index (Phi) is 2.63. The van der Waals surface area contributed by atoms with Crippen LogP contribution < -0.4 is 5.73 Å². The Bertz CT molecular complexity index is 241. The molecule has 0 unspecified atom stereocenters. The van der Waals surface area contributed by atoms with E-state index in [9.17, 15) is 0 Å². The van der Waals surface area contributed by atoms with Gasteiger partial charge in [0, 0.05) is 6.54 Å². The van der Waals surface area contributed by atoms with Crippen LogP contribution in [0, 0.1) is 0 Å². The molecule has 0 heterocycles. The molecule has 0 fully saturated rings. The van der Waals surface area contributed by atoms with Gasteiger partial charge in [-0.15, -0.1) is 0 Å². The van der Waals surface area contributed by atoms with E-state index in [0.29, 0.717) is 6.54 Å². The molecule has 0 saturated heterocycles. The monoisotopic (exact) mass is 150 g/mol. The summed E-state index contributed by atoms with van der Waals surface area (Å²) in [4.78, 5) is 0. The Labute approximate surface area is 65.1 Å². The number of nitrogens with zero attached hydrogens (tertiary/aromatic N) is 1. The van der Waals surface area contributed by atoms with Crippen molar-refractivity contribution < 1.29 is 5.21 Å². The highest BCUT2D eigenvalue weighted by molar-refractivity contribution is 5.78. The van der Waals surface area contributed by atoms with Gasteiger partial charge in [0.2, 0.25) is 0 Å². The maximum atomic E-state index is 8.19. The summed E-state index contributed by atoms with van der Waals surface area (Å²) in [6, 6.07) is 7.50. The summed E-state index contributed by atoms with van der Waals surface area (Å²) in [6.45, 7) is 0.538. The minimum Gasteiger partial charge on any atom is -0.411 e. The van der Waals surface area contributed by atoms with Crippen LogP contribution in [0.4, 0.5) is 0 Å².